The Morgan fingerprint density at radius 3 is 2.75 bits per heavy atom. The molecule has 1 aliphatic carbocycles. The number of benzene rings is 1. The Morgan fingerprint density at radius 1 is 1.29 bits per heavy atom. The monoisotopic (exact) mass is 324 g/mol. The molecule has 124 valence electrons. The molecule has 0 amide bonds. The van der Waals surface area contributed by atoms with Crippen molar-refractivity contribution in [3.05, 3.63) is 54.2 Å². The molecule has 2 aromatic heterocycles. The van der Waals surface area contributed by atoms with Crippen LogP contribution in [0.25, 0.3) is 5.69 Å². The predicted octanol–water partition coefficient (Wildman–Crippen LogP) is 2.72. The molecule has 1 aliphatic rings. The van der Waals surface area contributed by atoms with E-state index in [9.17, 15) is 0 Å². The lowest BCUT2D eigenvalue weighted by atomic mass is 10.1. The molecule has 2 heterocycles. The van der Waals surface area contributed by atoms with E-state index < -0.39 is 0 Å². The number of hydrogen-bond acceptors (Lipinski definition) is 6. The molecule has 1 atom stereocenters. The van der Waals surface area contributed by atoms with E-state index in [-0.39, 0.29) is 6.04 Å². The third kappa shape index (κ3) is 3.07. The summed E-state index contributed by atoms with van der Waals surface area (Å²) in [6.45, 7) is 2.81. The van der Waals surface area contributed by atoms with Crippen molar-refractivity contribution in [1.29, 1.82) is 0 Å². The van der Waals surface area contributed by atoms with Gasteiger partial charge in [-0.1, -0.05) is 17.3 Å². The average Bonchev–Trinajstić information content (AvgIpc) is 3.11. The molecule has 0 radical (unpaired) electrons. The van der Waals surface area contributed by atoms with Crippen LogP contribution in [-0.4, -0.2) is 36.9 Å². The Bertz CT molecular complexity index is 791. The Morgan fingerprint density at radius 2 is 2.08 bits per heavy atom. The minimum Gasteiger partial charge on any atom is -0.338 e. The van der Waals surface area contributed by atoms with E-state index in [1.807, 2.05) is 12.1 Å². The van der Waals surface area contributed by atoms with Crippen molar-refractivity contribution in [3.63, 3.8) is 0 Å². The van der Waals surface area contributed by atoms with Crippen molar-refractivity contribution in [2.24, 2.45) is 0 Å². The normalized spacial score (nSPS) is 15.8. The maximum Gasteiger partial charge on any atom is 0.240 e. The molecule has 0 bridgehead atoms. The molecule has 0 aliphatic heterocycles. The van der Waals surface area contributed by atoms with E-state index in [1.54, 1.807) is 11.0 Å². The lowest BCUT2D eigenvalue weighted by molar-refractivity contribution is 0.216. The van der Waals surface area contributed by atoms with Gasteiger partial charge < -0.3 is 4.52 Å². The highest BCUT2D eigenvalue weighted by Gasteiger charge is 2.29. The van der Waals surface area contributed by atoms with Gasteiger partial charge in [-0.25, -0.2) is 9.67 Å². The SMILES string of the molecule is CC(c1ccc(-n2cncn2)cc1)N(C)Cc1nc(C2CC2)no1. The minimum absolute atomic E-state index is 0.242. The molecule has 24 heavy (non-hydrogen) atoms. The standard InChI is InChI=1S/C17H20N6O/c1-12(13-5-7-15(8-6-13)23-11-18-10-19-23)22(2)9-16-20-17(21-24-16)14-3-4-14/h5-8,10-12,14H,3-4,9H2,1-2H3. The molecule has 0 saturated heterocycles. The summed E-state index contributed by atoms with van der Waals surface area (Å²) in [5.41, 5.74) is 2.22. The van der Waals surface area contributed by atoms with Crippen LogP contribution in [-0.2, 0) is 6.54 Å². The van der Waals surface area contributed by atoms with Gasteiger partial charge in [-0.15, -0.1) is 0 Å². The van der Waals surface area contributed by atoms with Gasteiger partial charge in [0, 0.05) is 12.0 Å². The van der Waals surface area contributed by atoms with Crippen molar-refractivity contribution < 1.29 is 4.52 Å². The first kappa shape index (κ1) is 15.0. The second-order valence-corrected chi connectivity index (χ2v) is 6.34. The van der Waals surface area contributed by atoms with Gasteiger partial charge in [-0.2, -0.15) is 10.1 Å². The molecular formula is C17H20N6O. The van der Waals surface area contributed by atoms with Crippen molar-refractivity contribution >= 4 is 0 Å². The van der Waals surface area contributed by atoms with Crippen LogP contribution in [0.5, 0.6) is 0 Å². The van der Waals surface area contributed by atoms with Crippen LogP contribution in [0.2, 0.25) is 0 Å². The van der Waals surface area contributed by atoms with Gasteiger partial charge in [-0.05, 0) is 44.5 Å². The number of aromatic nitrogens is 5. The van der Waals surface area contributed by atoms with E-state index in [0.717, 1.165) is 11.5 Å². The molecule has 0 N–H and O–H groups in total. The smallest absolute Gasteiger partial charge is 0.240 e. The average molecular weight is 324 g/mol. The van der Waals surface area contributed by atoms with E-state index in [4.69, 9.17) is 4.52 Å². The van der Waals surface area contributed by atoms with Crippen LogP contribution in [0.15, 0.2) is 41.4 Å². The van der Waals surface area contributed by atoms with E-state index in [2.05, 4.69) is 51.2 Å². The van der Waals surface area contributed by atoms with Crippen LogP contribution in [0.1, 0.15) is 49.0 Å². The number of nitrogens with zero attached hydrogens (tertiary/aromatic N) is 6. The maximum atomic E-state index is 5.37. The van der Waals surface area contributed by atoms with Crippen LogP contribution in [0.3, 0.4) is 0 Å². The van der Waals surface area contributed by atoms with Crippen molar-refractivity contribution in [1.82, 2.24) is 29.8 Å². The lowest BCUT2D eigenvalue weighted by Gasteiger charge is -2.23. The van der Waals surface area contributed by atoms with Crippen molar-refractivity contribution in [2.75, 3.05) is 7.05 Å². The van der Waals surface area contributed by atoms with Gasteiger partial charge >= 0.3 is 0 Å². The van der Waals surface area contributed by atoms with Crippen molar-refractivity contribution in [2.45, 2.75) is 38.3 Å². The van der Waals surface area contributed by atoms with Gasteiger partial charge in [0.1, 0.15) is 12.7 Å². The van der Waals surface area contributed by atoms with Gasteiger partial charge in [0.2, 0.25) is 5.89 Å². The van der Waals surface area contributed by atoms with Crippen molar-refractivity contribution in [3.8, 4) is 5.69 Å². The zero-order chi connectivity index (χ0) is 16.5. The second kappa shape index (κ2) is 6.16. The molecule has 7 heteroatoms. The zero-order valence-electron chi connectivity index (χ0n) is 13.8. The summed E-state index contributed by atoms with van der Waals surface area (Å²) in [4.78, 5) is 10.7. The summed E-state index contributed by atoms with van der Waals surface area (Å²) in [5, 5.41) is 8.22. The summed E-state index contributed by atoms with van der Waals surface area (Å²) < 4.78 is 7.12. The van der Waals surface area contributed by atoms with Gasteiger partial charge in [0.05, 0.1) is 12.2 Å². The van der Waals surface area contributed by atoms with Crippen LogP contribution >= 0.6 is 0 Å². The van der Waals surface area contributed by atoms with E-state index in [1.165, 1.54) is 24.7 Å². The van der Waals surface area contributed by atoms with E-state index >= 15 is 0 Å². The topological polar surface area (TPSA) is 72.9 Å². The maximum absolute atomic E-state index is 5.37. The fourth-order valence-electron chi connectivity index (χ4n) is 2.69. The molecule has 1 aromatic carbocycles. The first-order valence-electron chi connectivity index (χ1n) is 8.18. The van der Waals surface area contributed by atoms with Crippen LogP contribution < -0.4 is 0 Å². The third-order valence-corrected chi connectivity index (χ3v) is 4.53. The van der Waals surface area contributed by atoms with Crippen LogP contribution in [0, 0.1) is 0 Å². The molecule has 3 aromatic rings. The predicted molar refractivity (Wildman–Crippen MR) is 87.5 cm³/mol. The summed E-state index contributed by atoms with van der Waals surface area (Å²) in [6.07, 6.45) is 5.59. The largest absolute Gasteiger partial charge is 0.338 e. The fraction of sp³-hybridized carbons (Fsp3) is 0.412. The first-order chi connectivity index (χ1) is 11.7. The van der Waals surface area contributed by atoms with E-state index in [0.29, 0.717) is 18.4 Å². The summed E-state index contributed by atoms with van der Waals surface area (Å²) >= 11 is 0. The summed E-state index contributed by atoms with van der Waals surface area (Å²) in [7, 11) is 2.07. The first-order valence-corrected chi connectivity index (χ1v) is 8.18. The minimum atomic E-state index is 0.242. The Hall–Kier alpha value is -2.54. The highest BCUT2D eigenvalue weighted by atomic mass is 16.5. The quantitative estimate of drug-likeness (QED) is 0.694. The summed E-state index contributed by atoms with van der Waals surface area (Å²) in [5.74, 6) is 2.07. The van der Waals surface area contributed by atoms with Gasteiger partial charge in [-0.3, -0.25) is 4.90 Å². The molecule has 4 rings (SSSR count). The Kier molecular flexibility index (Phi) is 3.86. The molecule has 1 unspecified atom stereocenters. The second-order valence-electron chi connectivity index (χ2n) is 6.34. The Balaban J connectivity index is 1.42. The Labute approximate surface area is 140 Å². The molecule has 0 spiro atoms. The van der Waals surface area contributed by atoms with Gasteiger partial charge in [0.25, 0.3) is 0 Å². The molecule has 1 saturated carbocycles. The molecule has 1 fully saturated rings. The highest BCUT2D eigenvalue weighted by molar-refractivity contribution is 5.34. The number of rotatable bonds is 6. The number of hydrogen-bond donors (Lipinski definition) is 0. The fourth-order valence-corrected chi connectivity index (χ4v) is 2.69. The summed E-state index contributed by atoms with van der Waals surface area (Å²) in [6, 6.07) is 8.56. The lowest BCUT2D eigenvalue weighted by Crippen LogP contribution is -2.22. The van der Waals surface area contributed by atoms with Crippen LogP contribution in [0.4, 0.5) is 0 Å². The molecule has 7 nitrogen and oxygen atoms in total. The highest BCUT2D eigenvalue weighted by Crippen LogP contribution is 2.38. The zero-order valence-corrected chi connectivity index (χ0v) is 13.8. The van der Waals surface area contributed by atoms with Gasteiger partial charge in [0.15, 0.2) is 5.82 Å². The molecular weight excluding hydrogens is 304 g/mol. The third-order valence-electron chi connectivity index (χ3n) is 4.53.